The van der Waals surface area contributed by atoms with Crippen molar-refractivity contribution in [3.63, 3.8) is 0 Å². The van der Waals surface area contributed by atoms with Crippen molar-refractivity contribution in [1.82, 2.24) is 0 Å². The van der Waals surface area contributed by atoms with Crippen LogP contribution in [0.4, 0.5) is 0 Å². The van der Waals surface area contributed by atoms with E-state index in [1.807, 2.05) is 0 Å². The molecule has 1 aromatic rings. The monoisotopic (exact) mass is 247 g/mol. The Balaban J connectivity index is 2.09. The molecule has 0 aromatic heterocycles. The molecular formula is C15H21NO2. The number of benzene rings is 1. The molecule has 1 aliphatic carbocycles. The van der Waals surface area contributed by atoms with Gasteiger partial charge in [-0.2, -0.15) is 0 Å². The summed E-state index contributed by atoms with van der Waals surface area (Å²) in [5, 5.41) is 0. The van der Waals surface area contributed by atoms with Crippen molar-refractivity contribution in [3.05, 3.63) is 28.8 Å². The fourth-order valence-electron chi connectivity index (χ4n) is 3.16. The molecule has 2 aliphatic rings. The highest BCUT2D eigenvalue weighted by molar-refractivity contribution is 5.49. The minimum atomic E-state index is -0.0446. The first-order chi connectivity index (χ1) is 8.52. The van der Waals surface area contributed by atoms with Crippen LogP contribution in [0.15, 0.2) is 12.1 Å². The van der Waals surface area contributed by atoms with E-state index in [1.165, 1.54) is 16.7 Å². The van der Waals surface area contributed by atoms with Gasteiger partial charge in [0, 0.05) is 5.54 Å². The standard InChI is InChI=1S/C15H21NO2/c1-10-7-13(17-3)11(2)6-12(10)14(8-18-9-14)15(16)4-5-15/h6-7H,4-5,8-9,16H2,1-3H3. The molecule has 0 bridgehead atoms. The molecule has 0 unspecified atom stereocenters. The number of ether oxygens (including phenoxy) is 2. The first kappa shape index (κ1) is 12.0. The van der Waals surface area contributed by atoms with Crippen LogP contribution in [-0.2, 0) is 10.2 Å². The van der Waals surface area contributed by atoms with Crippen molar-refractivity contribution in [2.75, 3.05) is 20.3 Å². The van der Waals surface area contributed by atoms with E-state index in [0.29, 0.717) is 0 Å². The van der Waals surface area contributed by atoms with Gasteiger partial charge in [0.25, 0.3) is 0 Å². The van der Waals surface area contributed by atoms with Gasteiger partial charge in [0.05, 0.1) is 25.7 Å². The van der Waals surface area contributed by atoms with Crippen molar-refractivity contribution in [2.24, 2.45) is 5.73 Å². The lowest BCUT2D eigenvalue weighted by molar-refractivity contribution is -0.0789. The van der Waals surface area contributed by atoms with Gasteiger partial charge in [0.1, 0.15) is 5.75 Å². The van der Waals surface area contributed by atoms with Gasteiger partial charge in [-0.3, -0.25) is 0 Å². The van der Waals surface area contributed by atoms with Crippen LogP contribution in [0.25, 0.3) is 0 Å². The van der Waals surface area contributed by atoms with Crippen molar-refractivity contribution in [3.8, 4) is 5.75 Å². The van der Waals surface area contributed by atoms with Crippen LogP contribution in [0.5, 0.6) is 5.75 Å². The highest BCUT2D eigenvalue weighted by Crippen LogP contribution is 2.54. The third kappa shape index (κ3) is 1.44. The molecular weight excluding hydrogens is 226 g/mol. The first-order valence-electron chi connectivity index (χ1n) is 6.55. The average Bonchev–Trinajstić information content (AvgIpc) is 3.00. The lowest BCUT2D eigenvalue weighted by Crippen LogP contribution is -2.61. The molecule has 1 heterocycles. The van der Waals surface area contributed by atoms with Crippen molar-refractivity contribution in [2.45, 2.75) is 37.6 Å². The summed E-state index contributed by atoms with van der Waals surface area (Å²) in [6.45, 7) is 5.75. The minimum Gasteiger partial charge on any atom is -0.496 e. The van der Waals surface area contributed by atoms with Gasteiger partial charge < -0.3 is 15.2 Å². The van der Waals surface area contributed by atoms with E-state index in [2.05, 4.69) is 26.0 Å². The van der Waals surface area contributed by atoms with E-state index in [9.17, 15) is 0 Å². The third-order valence-electron chi connectivity index (χ3n) is 4.70. The SMILES string of the molecule is COc1cc(C)c(C2(C3(N)CC3)COC2)cc1C. The van der Waals surface area contributed by atoms with Crippen LogP contribution in [0, 0.1) is 13.8 Å². The molecule has 1 aliphatic heterocycles. The van der Waals surface area contributed by atoms with E-state index in [-0.39, 0.29) is 11.0 Å². The summed E-state index contributed by atoms with van der Waals surface area (Å²) in [4.78, 5) is 0. The highest BCUT2D eigenvalue weighted by atomic mass is 16.5. The molecule has 98 valence electrons. The fraction of sp³-hybridized carbons (Fsp3) is 0.600. The normalized spacial score (nSPS) is 23.3. The summed E-state index contributed by atoms with van der Waals surface area (Å²) in [6.07, 6.45) is 2.22. The van der Waals surface area contributed by atoms with Crippen LogP contribution in [-0.4, -0.2) is 25.9 Å². The number of rotatable bonds is 3. The molecule has 2 fully saturated rings. The topological polar surface area (TPSA) is 44.5 Å². The van der Waals surface area contributed by atoms with Crippen LogP contribution < -0.4 is 10.5 Å². The predicted molar refractivity (Wildman–Crippen MR) is 71.1 cm³/mol. The van der Waals surface area contributed by atoms with Gasteiger partial charge in [-0.1, -0.05) is 6.07 Å². The molecule has 0 amide bonds. The zero-order chi connectivity index (χ0) is 13.0. The second-order valence-electron chi connectivity index (χ2n) is 5.87. The molecule has 0 atom stereocenters. The molecule has 2 N–H and O–H groups in total. The Morgan fingerprint density at radius 2 is 1.83 bits per heavy atom. The van der Waals surface area contributed by atoms with Crippen molar-refractivity contribution < 1.29 is 9.47 Å². The van der Waals surface area contributed by atoms with Crippen LogP contribution in [0.3, 0.4) is 0 Å². The maximum absolute atomic E-state index is 6.50. The van der Waals surface area contributed by atoms with Gasteiger partial charge in [-0.05, 0) is 49.4 Å². The summed E-state index contributed by atoms with van der Waals surface area (Å²) >= 11 is 0. The van der Waals surface area contributed by atoms with Gasteiger partial charge in [0.2, 0.25) is 0 Å². The molecule has 0 spiro atoms. The Hall–Kier alpha value is -1.06. The number of methoxy groups -OCH3 is 1. The van der Waals surface area contributed by atoms with Crippen LogP contribution in [0.1, 0.15) is 29.5 Å². The van der Waals surface area contributed by atoms with E-state index in [1.54, 1.807) is 7.11 Å². The Morgan fingerprint density at radius 1 is 1.17 bits per heavy atom. The van der Waals surface area contributed by atoms with E-state index >= 15 is 0 Å². The van der Waals surface area contributed by atoms with Crippen LogP contribution >= 0.6 is 0 Å². The van der Waals surface area contributed by atoms with Gasteiger partial charge in [-0.15, -0.1) is 0 Å². The molecule has 3 heteroatoms. The second kappa shape index (κ2) is 3.72. The third-order valence-corrected chi connectivity index (χ3v) is 4.70. The molecule has 3 rings (SSSR count). The Kier molecular flexibility index (Phi) is 2.48. The summed E-state index contributed by atoms with van der Waals surface area (Å²) in [6, 6.07) is 4.36. The highest BCUT2D eigenvalue weighted by Gasteiger charge is 2.61. The maximum Gasteiger partial charge on any atom is 0.122 e. The fourth-order valence-corrected chi connectivity index (χ4v) is 3.16. The number of hydrogen-bond acceptors (Lipinski definition) is 3. The largest absolute Gasteiger partial charge is 0.496 e. The van der Waals surface area contributed by atoms with Gasteiger partial charge >= 0.3 is 0 Å². The number of aryl methyl sites for hydroxylation is 2. The van der Waals surface area contributed by atoms with E-state index in [0.717, 1.165) is 31.8 Å². The average molecular weight is 247 g/mol. The molecule has 0 radical (unpaired) electrons. The summed E-state index contributed by atoms with van der Waals surface area (Å²) < 4.78 is 10.9. The lowest BCUT2D eigenvalue weighted by atomic mass is 9.69. The lowest BCUT2D eigenvalue weighted by Gasteiger charge is -2.48. The molecule has 1 saturated carbocycles. The molecule has 1 saturated heterocycles. The van der Waals surface area contributed by atoms with Crippen LogP contribution in [0.2, 0.25) is 0 Å². The van der Waals surface area contributed by atoms with E-state index < -0.39 is 0 Å². The summed E-state index contributed by atoms with van der Waals surface area (Å²) in [7, 11) is 1.72. The smallest absolute Gasteiger partial charge is 0.122 e. The quantitative estimate of drug-likeness (QED) is 0.889. The minimum absolute atomic E-state index is 0.0358. The zero-order valence-corrected chi connectivity index (χ0v) is 11.4. The van der Waals surface area contributed by atoms with Crippen molar-refractivity contribution >= 4 is 0 Å². The van der Waals surface area contributed by atoms with Gasteiger partial charge in [0.15, 0.2) is 0 Å². The Morgan fingerprint density at radius 3 is 2.28 bits per heavy atom. The second-order valence-corrected chi connectivity index (χ2v) is 5.87. The molecule has 3 nitrogen and oxygen atoms in total. The van der Waals surface area contributed by atoms with Crippen molar-refractivity contribution in [1.29, 1.82) is 0 Å². The number of nitrogens with two attached hydrogens (primary N) is 1. The first-order valence-corrected chi connectivity index (χ1v) is 6.55. The predicted octanol–water partition coefficient (Wildman–Crippen LogP) is 2.07. The van der Waals surface area contributed by atoms with E-state index in [4.69, 9.17) is 15.2 Å². The Bertz CT molecular complexity index is 488. The maximum atomic E-state index is 6.50. The molecule has 1 aromatic carbocycles. The summed E-state index contributed by atoms with van der Waals surface area (Å²) in [5.74, 6) is 0.952. The summed E-state index contributed by atoms with van der Waals surface area (Å²) in [5.41, 5.74) is 10.3. The number of hydrogen-bond donors (Lipinski definition) is 1. The van der Waals surface area contributed by atoms with Gasteiger partial charge in [-0.25, -0.2) is 0 Å². The zero-order valence-electron chi connectivity index (χ0n) is 11.4. The molecule has 18 heavy (non-hydrogen) atoms. The Labute approximate surface area is 108 Å².